The Morgan fingerprint density at radius 2 is 1.72 bits per heavy atom. The fourth-order valence-corrected chi connectivity index (χ4v) is 3.29. The van der Waals surface area contributed by atoms with Crippen LogP contribution in [0, 0.1) is 0 Å². The number of fused-ring (bicyclic) bond motifs is 1. The highest BCUT2D eigenvalue weighted by molar-refractivity contribution is 9.10. The number of hydrogen-bond acceptors (Lipinski definition) is 3. The number of hydrogen-bond donors (Lipinski definition) is 0. The fourth-order valence-electron chi connectivity index (χ4n) is 3.02. The first kappa shape index (κ1) is 17.4. The molecule has 0 bridgehead atoms. The van der Waals surface area contributed by atoms with Gasteiger partial charge < -0.3 is 9.53 Å². The summed E-state index contributed by atoms with van der Waals surface area (Å²) in [5.74, 6) is -0.555. The zero-order valence-corrected chi connectivity index (χ0v) is 15.3. The minimum absolute atomic E-state index is 0.245. The molecule has 4 heteroatoms. The van der Waals surface area contributed by atoms with Crippen LogP contribution < -0.4 is 0 Å². The average molecular weight is 397 g/mol. The van der Waals surface area contributed by atoms with Gasteiger partial charge in [0.05, 0.1) is 7.11 Å². The quantitative estimate of drug-likeness (QED) is 0.363. The molecule has 126 valence electrons. The van der Waals surface area contributed by atoms with Gasteiger partial charge in [0.25, 0.3) is 0 Å². The highest BCUT2D eigenvalue weighted by Crippen LogP contribution is 2.31. The number of methoxy groups -OCH3 is 1. The minimum atomic E-state index is -1.37. The van der Waals surface area contributed by atoms with Crippen molar-refractivity contribution in [2.75, 3.05) is 7.11 Å². The molecule has 0 radical (unpaired) electrons. The molecule has 1 atom stereocenters. The highest BCUT2D eigenvalue weighted by atomic mass is 79.9. The Kier molecular flexibility index (Phi) is 5.00. The van der Waals surface area contributed by atoms with E-state index in [1.807, 2.05) is 66.7 Å². The highest BCUT2D eigenvalue weighted by Gasteiger charge is 2.41. The van der Waals surface area contributed by atoms with Gasteiger partial charge in [-0.05, 0) is 46.5 Å². The van der Waals surface area contributed by atoms with E-state index in [4.69, 9.17) is 4.74 Å². The van der Waals surface area contributed by atoms with Crippen molar-refractivity contribution in [2.45, 2.75) is 11.8 Å². The molecule has 3 aromatic rings. The van der Waals surface area contributed by atoms with E-state index >= 15 is 0 Å². The molecule has 0 aromatic heterocycles. The van der Waals surface area contributed by atoms with Gasteiger partial charge in [-0.3, -0.25) is 4.79 Å². The predicted molar refractivity (Wildman–Crippen MR) is 102 cm³/mol. The maximum absolute atomic E-state index is 12.6. The van der Waals surface area contributed by atoms with Crippen LogP contribution in [0.25, 0.3) is 10.8 Å². The molecule has 25 heavy (non-hydrogen) atoms. The number of carbonyl (C=O) groups excluding carboxylic acids is 2. The number of esters is 1. The van der Waals surface area contributed by atoms with Gasteiger partial charge >= 0.3 is 5.97 Å². The summed E-state index contributed by atoms with van der Waals surface area (Å²) in [4.78, 5) is 24.7. The summed E-state index contributed by atoms with van der Waals surface area (Å²) < 4.78 is 5.93. The summed E-state index contributed by atoms with van der Waals surface area (Å²) in [7, 11) is 1.31. The normalized spacial score (nSPS) is 13.2. The first-order valence-corrected chi connectivity index (χ1v) is 8.67. The molecule has 0 unspecified atom stereocenters. The van der Waals surface area contributed by atoms with Crippen LogP contribution in [0.4, 0.5) is 0 Å². The fraction of sp³-hybridized carbons (Fsp3) is 0.143. The smallest absolute Gasteiger partial charge is 0.323 e. The van der Waals surface area contributed by atoms with Crippen molar-refractivity contribution in [3.05, 3.63) is 82.3 Å². The average Bonchev–Trinajstić information content (AvgIpc) is 2.66. The van der Waals surface area contributed by atoms with Gasteiger partial charge in [0.1, 0.15) is 6.29 Å². The molecule has 0 fully saturated rings. The molecule has 0 saturated carbocycles. The van der Waals surface area contributed by atoms with Gasteiger partial charge in [0, 0.05) is 4.47 Å². The topological polar surface area (TPSA) is 43.4 Å². The van der Waals surface area contributed by atoms with E-state index in [9.17, 15) is 9.59 Å². The van der Waals surface area contributed by atoms with Crippen LogP contribution in [0.2, 0.25) is 0 Å². The maximum atomic E-state index is 12.6. The second-order valence-corrected chi connectivity index (χ2v) is 6.86. The van der Waals surface area contributed by atoms with Crippen LogP contribution in [0.1, 0.15) is 11.1 Å². The van der Waals surface area contributed by atoms with E-state index < -0.39 is 11.4 Å². The third-order valence-corrected chi connectivity index (χ3v) is 4.94. The molecule has 0 aliphatic heterocycles. The van der Waals surface area contributed by atoms with Gasteiger partial charge in [0.15, 0.2) is 5.41 Å². The zero-order chi connectivity index (χ0) is 17.9. The minimum Gasteiger partial charge on any atom is -0.468 e. The van der Waals surface area contributed by atoms with Crippen molar-refractivity contribution in [1.29, 1.82) is 0 Å². The lowest BCUT2D eigenvalue weighted by Gasteiger charge is -2.26. The molecule has 3 rings (SSSR count). The molecule has 3 aromatic carbocycles. The number of carbonyl (C=O) groups is 2. The lowest BCUT2D eigenvalue weighted by atomic mass is 9.76. The summed E-state index contributed by atoms with van der Waals surface area (Å²) >= 11 is 3.40. The maximum Gasteiger partial charge on any atom is 0.323 e. The van der Waals surface area contributed by atoms with Crippen LogP contribution in [0.15, 0.2) is 71.2 Å². The molecule has 0 amide bonds. The van der Waals surface area contributed by atoms with Crippen molar-refractivity contribution >= 4 is 39.0 Å². The van der Waals surface area contributed by atoms with Crippen molar-refractivity contribution < 1.29 is 14.3 Å². The molecule has 0 spiro atoms. The molecule has 0 aliphatic carbocycles. The van der Waals surface area contributed by atoms with Crippen molar-refractivity contribution in [1.82, 2.24) is 0 Å². The van der Waals surface area contributed by atoms with Crippen molar-refractivity contribution in [3.63, 3.8) is 0 Å². The van der Waals surface area contributed by atoms with Crippen LogP contribution in [-0.4, -0.2) is 19.4 Å². The summed E-state index contributed by atoms with van der Waals surface area (Å²) in [5, 5.41) is 2.03. The number of rotatable bonds is 5. The first-order valence-electron chi connectivity index (χ1n) is 7.87. The molecule has 0 heterocycles. The third-order valence-electron chi connectivity index (χ3n) is 4.41. The Hall–Kier alpha value is -2.46. The van der Waals surface area contributed by atoms with E-state index in [0.717, 1.165) is 20.8 Å². The lowest BCUT2D eigenvalue weighted by Crippen LogP contribution is -2.41. The van der Waals surface area contributed by atoms with Gasteiger partial charge in [-0.15, -0.1) is 0 Å². The van der Waals surface area contributed by atoms with Crippen LogP contribution in [-0.2, 0) is 26.2 Å². The lowest BCUT2D eigenvalue weighted by molar-refractivity contribution is -0.149. The molecule has 3 nitrogen and oxygen atoms in total. The van der Waals surface area contributed by atoms with E-state index in [1.165, 1.54) is 7.11 Å². The SMILES string of the molecule is COC(=O)[C@](C=O)(Cc1ccc(Br)cc1)c1ccc2ccccc2c1. The molecule has 0 N–H and O–H groups in total. The number of ether oxygens (including phenoxy) is 1. The molecular weight excluding hydrogens is 380 g/mol. The summed E-state index contributed by atoms with van der Waals surface area (Å²) in [6, 6.07) is 21.1. The standard InChI is InChI=1S/C21H17BrO3/c1-25-20(24)21(14-23,13-15-6-10-19(22)11-7-15)18-9-8-16-4-2-3-5-17(16)12-18/h2-12,14H,13H2,1H3/t21-/m0/s1. The van der Waals surface area contributed by atoms with Crippen LogP contribution >= 0.6 is 15.9 Å². The van der Waals surface area contributed by atoms with Crippen LogP contribution in [0.5, 0.6) is 0 Å². The van der Waals surface area contributed by atoms with Gasteiger partial charge in [-0.25, -0.2) is 0 Å². The number of halogens is 1. The van der Waals surface area contributed by atoms with Crippen LogP contribution in [0.3, 0.4) is 0 Å². The van der Waals surface area contributed by atoms with E-state index in [1.54, 1.807) is 0 Å². The summed E-state index contributed by atoms with van der Waals surface area (Å²) in [5.41, 5.74) is 0.150. The Balaban J connectivity index is 2.13. The summed E-state index contributed by atoms with van der Waals surface area (Å²) in [6.45, 7) is 0. The monoisotopic (exact) mass is 396 g/mol. The second-order valence-electron chi connectivity index (χ2n) is 5.95. The van der Waals surface area contributed by atoms with Crippen molar-refractivity contribution in [2.24, 2.45) is 0 Å². The third kappa shape index (κ3) is 3.35. The number of aldehydes is 1. The van der Waals surface area contributed by atoms with E-state index in [-0.39, 0.29) is 6.42 Å². The Morgan fingerprint density at radius 3 is 2.36 bits per heavy atom. The van der Waals surface area contributed by atoms with Gasteiger partial charge in [-0.1, -0.05) is 64.5 Å². The largest absolute Gasteiger partial charge is 0.468 e. The van der Waals surface area contributed by atoms with E-state index in [2.05, 4.69) is 15.9 Å². The summed E-state index contributed by atoms with van der Waals surface area (Å²) in [6.07, 6.45) is 0.944. The predicted octanol–water partition coefficient (Wildman–Crippen LogP) is 4.45. The Labute approximate surface area is 154 Å². The molecule has 0 aliphatic rings. The van der Waals surface area contributed by atoms with E-state index in [0.29, 0.717) is 11.8 Å². The Bertz CT molecular complexity index is 918. The van der Waals surface area contributed by atoms with Gasteiger partial charge in [0.2, 0.25) is 0 Å². The molecular formula is C21H17BrO3. The first-order chi connectivity index (χ1) is 12.1. The number of benzene rings is 3. The van der Waals surface area contributed by atoms with Gasteiger partial charge in [-0.2, -0.15) is 0 Å². The molecule has 0 saturated heterocycles. The zero-order valence-electron chi connectivity index (χ0n) is 13.7. The second kappa shape index (κ2) is 7.19. The Morgan fingerprint density at radius 1 is 1.04 bits per heavy atom. The van der Waals surface area contributed by atoms with Crippen molar-refractivity contribution in [3.8, 4) is 0 Å².